The van der Waals surface area contributed by atoms with E-state index in [0.29, 0.717) is 13.2 Å². The van der Waals surface area contributed by atoms with E-state index in [1.807, 2.05) is 31.2 Å². The lowest BCUT2D eigenvalue weighted by Gasteiger charge is -2.11. The van der Waals surface area contributed by atoms with Crippen molar-refractivity contribution in [2.75, 3.05) is 20.2 Å². The van der Waals surface area contributed by atoms with Gasteiger partial charge in [0.1, 0.15) is 5.82 Å². The lowest BCUT2D eigenvalue weighted by atomic mass is 10.1. The van der Waals surface area contributed by atoms with Crippen molar-refractivity contribution in [3.63, 3.8) is 0 Å². The van der Waals surface area contributed by atoms with Crippen LogP contribution in [0.15, 0.2) is 53.5 Å². The lowest BCUT2D eigenvalue weighted by molar-refractivity contribution is 0.185. The van der Waals surface area contributed by atoms with Crippen LogP contribution in [0.3, 0.4) is 0 Å². The first-order valence-electron chi connectivity index (χ1n) is 8.54. The quantitative estimate of drug-likeness (QED) is 0.571. The Kier molecular flexibility index (Phi) is 7.92. The minimum absolute atomic E-state index is 0.206. The number of methoxy groups -OCH3 is 1. The maximum atomic E-state index is 12.9. The fraction of sp³-hybridized carbons (Fsp3) is 0.350. The molecule has 0 saturated heterocycles. The van der Waals surface area contributed by atoms with E-state index in [0.717, 1.165) is 42.2 Å². The zero-order valence-electron chi connectivity index (χ0n) is 14.9. The second-order valence-corrected chi connectivity index (χ2v) is 5.75. The average Bonchev–Trinajstić information content (AvgIpc) is 2.62. The van der Waals surface area contributed by atoms with Crippen LogP contribution < -0.4 is 10.6 Å². The minimum atomic E-state index is -0.206. The minimum Gasteiger partial charge on any atom is -0.380 e. The summed E-state index contributed by atoms with van der Waals surface area (Å²) in [4.78, 5) is 4.62. The fourth-order valence-electron chi connectivity index (χ4n) is 2.47. The van der Waals surface area contributed by atoms with Crippen molar-refractivity contribution in [3.05, 3.63) is 71.0 Å². The third kappa shape index (κ3) is 6.93. The molecule has 5 heteroatoms. The number of hydrogen-bond donors (Lipinski definition) is 2. The van der Waals surface area contributed by atoms with E-state index >= 15 is 0 Å². The van der Waals surface area contributed by atoms with Gasteiger partial charge in [0.25, 0.3) is 0 Å². The van der Waals surface area contributed by atoms with Gasteiger partial charge in [-0.3, -0.25) is 0 Å². The first-order valence-corrected chi connectivity index (χ1v) is 8.54. The monoisotopic (exact) mass is 343 g/mol. The van der Waals surface area contributed by atoms with Crippen molar-refractivity contribution in [1.29, 1.82) is 0 Å². The smallest absolute Gasteiger partial charge is 0.191 e. The molecule has 2 aromatic carbocycles. The molecular formula is C20H26FN3O. The van der Waals surface area contributed by atoms with Gasteiger partial charge in [-0.15, -0.1) is 0 Å². The zero-order valence-corrected chi connectivity index (χ0v) is 14.9. The van der Waals surface area contributed by atoms with Gasteiger partial charge in [0, 0.05) is 20.2 Å². The number of nitrogens with zero attached hydrogens (tertiary/aromatic N) is 1. The van der Waals surface area contributed by atoms with Crippen LogP contribution in [0.2, 0.25) is 0 Å². The summed E-state index contributed by atoms with van der Waals surface area (Å²) in [6, 6.07) is 14.8. The zero-order chi connectivity index (χ0) is 17.9. The number of nitrogens with one attached hydrogen (secondary N) is 2. The van der Waals surface area contributed by atoms with Gasteiger partial charge in [0.15, 0.2) is 5.96 Å². The molecule has 0 amide bonds. The first-order chi connectivity index (χ1) is 12.2. The molecule has 2 N–H and O–H groups in total. The van der Waals surface area contributed by atoms with E-state index in [2.05, 4.69) is 27.8 Å². The summed E-state index contributed by atoms with van der Waals surface area (Å²) in [7, 11) is 1.69. The summed E-state index contributed by atoms with van der Waals surface area (Å²) in [5, 5.41) is 6.56. The van der Waals surface area contributed by atoms with Gasteiger partial charge in [-0.25, -0.2) is 9.38 Å². The van der Waals surface area contributed by atoms with Gasteiger partial charge >= 0.3 is 0 Å². The Hall–Kier alpha value is -2.40. The van der Waals surface area contributed by atoms with Crippen LogP contribution in [-0.2, 0) is 24.3 Å². The number of aliphatic imine (C=N–C) groups is 1. The second kappa shape index (κ2) is 10.5. The maximum absolute atomic E-state index is 12.9. The van der Waals surface area contributed by atoms with Gasteiger partial charge in [0.2, 0.25) is 0 Å². The van der Waals surface area contributed by atoms with Gasteiger partial charge in [-0.1, -0.05) is 36.4 Å². The van der Waals surface area contributed by atoms with Crippen LogP contribution in [0, 0.1) is 5.82 Å². The Balaban J connectivity index is 1.89. The standard InChI is InChI=1S/C20H26FN3O/c1-3-22-20(23-12-11-16-7-9-19(21)10-8-16)24-14-17-5-4-6-18(13-17)15-25-2/h4-10,13H,3,11-12,14-15H2,1-2H3,(H2,22,23,24). The normalized spacial score (nSPS) is 11.4. The fourth-order valence-corrected chi connectivity index (χ4v) is 2.47. The van der Waals surface area contributed by atoms with Crippen LogP contribution >= 0.6 is 0 Å². The largest absolute Gasteiger partial charge is 0.380 e. The van der Waals surface area contributed by atoms with E-state index in [9.17, 15) is 4.39 Å². The Labute approximate surface area is 149 Å². The van der Waals surface area contributed by atoms with E-state index in [1.165, 1.54) is 12.1 Å². The number of halogens is 1. The highest BCUT2D eigenvalue weighted by atomic mass is 19.1. The molecule has 0 fully saturated rings. The van der Waals surface area contributed by atoms with Gasteiger partial charge in [-0.05, 0) is 42.2 Å². The predicted octanol–water partition coefficient (Wildman–Crippen LogP) is 3.27. The summed E-state index contributed by atoms with van der Waals surface area (Å²) in [6.07, 6.45) is 0.814. The van der Waals surface area contributed by atoms with E-state index in [4.69, 9.17) is 4.74 Å². The molecule has 0 heterocycles. The average molecular weight is 343 g/mol. The molecule has 25 heavy (non-hydrogen) atoms. The molecule has 0 saturated carbocycles. The summed E-state index contributed by atoms with van der Waals surface area (Å²) in [5.74, 6) is 0.573. The van der Waals surface area contributed by atoms with Gasteiger partial charge in [-0.2, -0.15) is 0 Å². The van der Waals surface area contributed by atoms with Crippen LogP contribution in [0.25, 0.3) is 0 Å². The number of benzene rings is 2. The van der Waals surface area contributed by atoms with Crippen LogP contribution in [0.1, 0.15) is 23.6 Å². The molecule has 0 aromatic heterocycles. The molecule has 0 spiro atoms. The predicted molar refractivity (Wildman–Crippen MR) is 100 cm³/mol. The molecule has 2 aromatic rings. The molecule has 0 bridgehead atoms. The van der Waals surface area contributed by atoms with Crippen LogP contribution in [0.5, 0.6) is 0 Å². The molecule has 0 aliphatic rings. The van der Waals surface area contributed by atoms with Crippen molar-refractivity contribution >= 4 is 5.96 Å². The van der Waals surface area contributed by atoms with Gasteiger partial charge in [0.05, 0.1) is 13.2 Å². The highest BCUT2D eigenvalue weighted by Crippen LogP contribution is 2.07. The Bertz CT molecular complexity index is 671. The number of rotatable bonds is 8. The third-order valence-electron chi connectivity index (χ3n) is 3.69. The number of guanidine groups is 1. The molecule has 0 radical (unpaired) electrons. The van der Waals surface area contributed by atoms with E-state index in [1.54, 1.807) is 7.11 Å². The molecular weight excluding hydrogens is 317 g/mol. The van der Waals surface area contributed by atoms with Crippen molar-refractivity contribution in [2.24, 2.45) is 4.99 Å². The Morgan fingerprint density at radius 1 is 1.04 bits per heavy atom. The first kappa shape index (κ1) is 18.9. The Morgan fingerprint density at radius 2 is 1.80 bits per heavy atom. The van der Waals surface area contributed by atoms with E-state index < -0.39 is 0 Å². The molecule has 0 atom stereocenters. The van der Waals surface area contributed by atoms with Crippen molar-refractivity contribution in [3.8, 4) is 0 Å². The topological polar surface area (TPSA) is 45.7 Å². The highest BCUT2D eigenvalue weighted by molar-refractivity contribution is 5.79. The molecule has 0 aliphatic heterocycles. The molecule has 0 aliphatic carbocycles. The molecule has 4 nitrogen and oxygen atoms in total. The third-order valence-corrected chi connectivity index (χ3v) is 3.69. The lowest BCUT2D eigenvalue weighted by Crippen LogP contribution is -2.38. The van der Waals surface area contributed by atoms with Crippen LogP contribution in [0.4, 0.5) is 4.39 Å². The van der Waals surface area contributed by atoms with Crippen molar-refractivity contribution < 1.29 is 9.13 Å². The van der Waals surface area contributed by atoms with Crippen LogP contribution in [-0.4, -0.2) is 26.2 Å². The van der Waals surface area contributed by atoms with Gasteiger partial charge < -0.3 is 15.4 Å². The number of hydrogen-bond acceptors (Lipinski definition) is 2. The maximum Gasteiger partial charge on any atom is 0.191 e. The summed E-state index contributed by atoms with van der Waals surface area (Å²) in [5.41, 5.74) is 3.38. The summed E-state index contributed by atoms with van der Waals surface area (Å²) in [6.45, 7) is 4.78. The molecule has 0 unspecified atom stereocenters. The second-order valence-electron chi connectivity index (χ2n) is 5.75. The van der Waals surface area contributed by atoms with E-state index in [-0.39, 0.29) is 5.82 Å². The highest BCUT2D eigenvalue weighted by Gasteiger charge is 2.00. The van der Waals surface area contributed by atoms with Crippen molar-refractivity contribution in [1.82, 2.24) is 10.6 Å². The summed E-state index contributed by atoms with van der Waals surface area (Å²) < 4.78 is 18.1. The number of ether oxygens (including phenoxy) is 1. The Morgan fingerprint density at radius 3 is 2.52 bits per heavy atom. The molecule has 2 rings (SSSR count). The molecule has 134 valence electrons. The summed E-state index contributed by atoms with van der Waals surface area (Å²) >= 11 is 0. The van der Waals surface area contributed by atoms with Crippen molar-refractivity contribution in [2.45, 2.75) is 26.5 Å². The SMILES string of the molecule is CCNC(=NCc1cccc(COC)c1)NCCc1ccc(F)cc1.